The van der Waals surface area contributed by atoms with E-state index in [1.807, 2.05) is 5.38 Å². The van der Waals surface area contributed by atoms with Gasteiger partial charge in [0.05, 0.1) is 6.54 Å². The number of benzene rings is 1. The van der Waals surface area contributed by atoms with Crippen molar-refractivity contribution in [1.82, 2.24) is 14.8 Å². The number of hydrogen-bond acceptors (Lipinski definition) is 5. The van der Waals surface area contributed by atoms with Gasteiger partial charge in [-0.25, -0.2) is 18.2 Å². The molecule has 0 spiro atoms. The van der Waals surface area contributed by atoms with Gasteiger partial charge in [0.2, 0.25) is 29.1 Å². The lowest BCUT2D eigenvalue weighted by molar-refractivity contribution is -0.133. The summed E-state index contributed by atoms with van der Waals surface area (Å²) in [4.78, 5) is 20.0. The Labute approximate surface area is 161 Å². The largest absolute Gasteiger partial charge is 0.477 e. The predicted octanol–water partition coefficient (Wildman–Crippen LogP) is 2.95. The summed E-state index contributed by atoms with van der Waals surface area (Å²) in [5.74, 6) is -12.8. The molecule has 3 rings (SSSR count). The van der Waals surface area contributed by atoms with E-state index < -0.39 is 47.3 Å². The Balaban J connectivity index is 1.58. The summed E-state index contributed by atoms with van der Waals surface area (Å²) in [6.45, 7) is 1.87. The molecule has 2 heterocycles. The molecule has 1 aliphatic heterocycles. The number of ether oxygens (including phenoxy) is 1. The number of carbonyl (C=O) groups excluding carboxylic acids is 1. The van der Waals surface area contributed by atoms with Gasteiger partial charge in [0.1, 0.15) is 5.01 Å². The van der Waals surface area contributed by atoms with Gasteiger partial charge in [-0.2, -0.15) is 8.78 Å². The van der Waals surface area contributed by atoms with Gasteiger partial charge >= 0.3 is 0 Å². The monoisotopic (exact) mass is 421 g/mol. The molecule has 11 heteroatoms. The van der Waals surface area contributed by atoms with Gasteiger partial charge in [0, 0.05) is 37.8 Å². The summed E-state index contributed by atoms with van der Waals surface area (Å²) in [5.41, 5.74) is 0. The van der Waals surface area contributed by atoms with Gasteiger partial charge in [0.15, 0.2) is 12.4 Å². The quantitative estimate of drug-likeness (QED) is 0.423. The van der Waals surface area contributed by atoms with E-state index in [0.29, 0.717) is 32.6 Å². The topological polar surface area (TPSA) is 45.7 Å². The molecule has 1 aromatic carbocycles. The zero-order valence-corrected chi connectivity index (χ0v) is 15.4. The molecule has 0 atom stereocenters. The highest BCUT2D eigenvalue weighted by molar-refractivity contribution is 7.09. The molecule has 1 fully saturated rings. The van der Waals surface area contributed by atoms with Crippen molar-refractivity contribution < 1.29 is 31.5 Å². The maximum Gasteiger partial charge on any atom is 0.260 e. The van der Waals surface area contributed by atoms with Crippen molar-refractivity contribution in [2.45, 2.75) is 13.0 Å². The van der Waals surface area contributed by atoms with Crippen LogP contribution in [0.15, 0.2) is 11.6 Å². The van der Waals surface area contributed by atoms with E-state index in [2.05, 4.69) is 14.6 Å². The molecule has 0 saturated carbocycles. The van der Waals surface area contributed by atoms with Crippen LogP contribution in [-0.2, 0) is 11.3 Å². The summed E-state index contributed by atoms with van der Waals surface area (Å²) in [7, 11) is 0. The van der Waals surface area contributed by atoms with Crippen LogP contribution in [0.4, 0.5) is 22.0 Å². The summed E-state index contributed by atoms with van der Waals surface area (Å²) in [6.07, 6.45) is 2.38. The van der Waals surface area contributed by atoms with Crippen molar-refractivity contribution in [3.05, 3.63) is 45.7 Å². The van der Waals surface area contributed by atoms with Gasteiger partial charge in [0.25, 0.3) is 5.91 Å². The second kappa shape index (κ2) is 8.82. The van der Waals surface area contributed by atoms with Crippen LogP contribution in [0, 0.1) is 29.1 Å². The molecule has 0 unspecified atom stereocenters. The van der Waals surface area contributed by atoms with Crippen LogP contribution in [0.2, 0.25) is 0 Å². The molecule has 1 saturated heterocycles. The van der Waals surface area contributed by atoms with Crippen LogP contribution >= 0.6 is 11.3 Å². The molecule has 1 aliphatic rings. The Kier molecular flexibility index (Phi) is 6.45. The number of rotatable bonds is 5. The van der Waals surface area contributed by atoms with Crippen molar-refractivity contribution in [3.63, 3.8) is 0 Å². The normalized spacial score (nSPS) is 15.5. The first-order valence-electron chi connectivity index (χ1n) is 8.41. The number of amides is 1. The average Bonchev–Trinajstić information content (AvgIpc) is 3.08. The fourth-order valence-corrected chi connectivity index (χ4v) is 3.50. The van der Waals surface area contributed by atoms with Gasteiger partial charge in [-0.3, -0.25) is 9.69 Å². The van der Waals surface area contributed by atoms with Crippen molar-refractivity contribution in [3.8, 4) is 5.75 Å². The number of aromatic nitrogens is 1. The predicted molar refractivity (Wildman–Crippen MR) is 90.3 cm³/mol. The first kappa shape index (κ1) is 20.5. The lowest BCUT2D eigenvalue weighted by Gasteiger charge is -2.21. The lowest BCUT2D eigenvalue weighted by Crippen LogP contribution is -2.38. The second-order valence-electron chi connectivity index (χ2n) is 6.12. The van der Waals surface area contributed by atoms with Crippen LogP contribution in [0.1, 0.15) is 11.4 Å². The third-order valence-corrected chi connectivity index (χ3v) is 5.06. The summed E-state index contributed by atoms with van der Waals surface area (Å²) in [5, 5.41) is 2.83. The Bertz CT molecular complexity index is 821. The van der Waals surface area contributed by atoms with Crippen LogP contribution in [0.25, 0.3) is 0 Å². The maximum atomic E-state index is 13.6. The molecule has 152 valence electrons. The van der Waals surface area contributed by atoms with Crippen molar-refractivity contribution >= 4 is 17.2 Å². The van der Waals surface area contributed by atoms with Gasteiger partial charge in [-0.15, -0.1) is 11.3 Å². The molecular formula is C17H16F5N3O2S. The summed E-state index contributed by atoms with van der Waals surface area (Å²) >= 11 is 1.53. The van der Waals surface area contributed by atoms with E-state index in [1.165, 1.54) is 16.2 Å². The van der Waals surface area contributed by atoms with Crippen LogP contribution in [0.3, 0.4) is 0 Å². The molecule has 0 N–H and O–H groups in total. The zero-order valence-electron chi connectivity index (χ0n) is 14.6. The minimum atomic E-state index is -2.28. The Morgan fingerprint density at radius 3 is 2.32 bits per heavy atom. The lowest BCUT2D eigenvalue weighted by atomic mass is 10.2. The van der Waals surface area contributed by atoms with Crippen molar-refractivity contribution in [2.75, 3.05) is 32.8 Å². The minimum absolute atomic E-state index is 0.352. The third-order valence-electron chi connectivity index (χ3n) is 4.29. The highest BCUT2D eigenvalue weighted by atomic mass is 32.1. The number of carbonyl (C=O) groups is 1. The summed E-state index contributed by atoms with van der Waals surface area (Å²) < 4.78 is 71.3. The van der Waals surface area contributed by atoms with E-state index in [4.69, 9.17) is 0 Å². The van der Waals surface area contributed by atoms with Gasteiger partial charge < -0.3 is 9.64 Å². The number of nitrogens with zero attached hydrogens (tertiary/aromatic N) is 3. The van der Waals surface area contributed by atoms with E-state index in [-0.39, 0.29) is 0 Å². The first-order valence-corrected chi connectivity index (χ1v) is 9.29. The molecule has 1 amide bonds. The smallest absolute Gasteiger partial charge is 0.260 e. The van der Waals surface area contributed by atoms with Gasteiger partial charge in [-0.1, -0.05) is 0 Å². The standard InChI is InChI=1S/C17H16F5N3O2S/c18-12-13(19)15(21)17(16(22)14(12)20)27-9-11(26)25-4-1-3-24(5-6-25)8-10-23-2-7-28-10/h2,7H,1,3-6,8-9H2. The molecule has 0 aliphatic carbocycles. The van der Waals surface area contributed by atoms with Crippen LogP contribution in [-0.4, -0.2) is 53.5 Å². The molecule has 28 heavy (non-hydrogen) atoms. The molecule has 1 aromatic heterocycles. The van der Waals surface area contributed by atoms with E-state index in [1.54, 1.807) is 6.20 Å². The molecule has 0 bridgehead atoms. The molecule has 5 nitrogen and oxygen atoms in total. The van der Waals surface area contributed by atoms with Crippen molar-refractivity contribution in [2.24, 2.45) is 0 Å². The fourth-order valence-electron chi connectivity index (χ4n) is 2.84. The summed E-state index contributed by atoms with van der Waals surface area (Å²) in [6, 6.07) is 0. The minimum Gasteiger partial charge on any atom is -0.477 e. The average molecular weight is 421 g/mol. The number of halogens is 5. The van der Waals surface area contributed by atoms with E-state index in [9.17, 15) is 26.7 Å². The molecule has 2 aromatic rings. The molecular weight excluding hydrogens is 405 g/mol. The van der Waals surface area contributed by atoms with Crippen molar-refractivity contribution in [1.29, 1.82) is 0 Å². The Hall–Kier alpha value is -2.27. The SMILES string of the molecule is O=C(COc1c(F)c(F)c(F)c(F)c1F)N1CCCN(Cc2nccs2)CC1. The third kappa shape index (κ3) is 4.41. The van der Waals surface area contributed by atoms with E-state index in [0.717, 1.165) is 11.6 Å². The Morgan fingerprint density at radius 1 is 1.00 bits per heavy atom. The number of hydrogen-bond donors (Lipinski definition) is 0. The highest BCUT2D eigenvalue weighted by Gasteiger charge is 2.28. The van der Waals surface area contributed by atoms with Gasteiger partial charge in [-0.05, 0) is 6.42 Å². The highest BCUT2D eigenvalue weighted by Crippen LogP contribution is 2.29. The van der Waals surface area contributed by atoms with Crippen LogP contribution < -0.4 is 4.74 Å². The second-order valence-corrected chi connectivity index (χ2v) is 7.10. The van der Waals surface area contributed by atoms with Crippen LogP contribution in [0.5, 0.6) is 5.75 Å². The number of thiazole rings is 1. The maximum absolute atomic E-state index is 13.6. The fraction of sp³-hybridized carbons (Fsp3) is 0.412. The van der Waals surface area contributed by atoms with E-state index >= 15 is 0 Å². The Morgan fingerprint density at radius 2 is 1.68 bits per heavy atom. The molecule has 0 radical (unpaired) electrons. The first-order chi connectivity index (χ1) is 13.4. The zero-order chi connectivity index (χ0) is 20.3.